The smallest absolute Gasteiger partial charge is 0.0102 e. The molecule has 0 amide bonds. The summed E-state index contributed by atoms with van der Waals surface area (Å²) in [6.07, 6.45) is 13.2. The van der Waals surface area contributed by atoms with Crippen molar-refractivity contribution in [2.75, 3.05) is 0 Å². The molecule has 0 N–H and O–H groups in total. The molecule has 3 atom stereocenters. The molecule has 0 bridgehead atoms. The van der Waals surface area contributed by atoms with Gasteiger partial charge in [0.25, 0.3) is 0 Å². The number of fused-ring (bicyclic) bond motifs is 9. The van der Waals surface area contributed by atoms with Crippen LogP contribution in [-0.4, -0.2) is 0 Å². The maximum Gasteiger partial charge on any atom is 0.0102 e. The van der Waals surface area contributed by atoms with E-state index in [1.807, 2.05) is 6.08 Å². The minimum Gasteiger partial charge on any atom is -0.115 e. The molecule has 8 aromatic rings. The zero-order chi connectivity index (χ0) is 38.9. The van der Waals surface area contributed by atoms with Gasteiger partial charge in [0.15, 0.2) is 0 Å². The summed E-state index contributed by atoms with van der Waals surface area (Å²) in [5.74, 6) is 4.17. The zero-order valence-corrected chi connectivity index (χ0v) is 33.1. The quantitative estimate of drug-likeness (QED) is 0.118. The van der Waals surface area contributed by atoms with Crippen LogP contribution in [0.25, 0.3) is 82.8 Å². The fraction of sp³-hybridized carbons (Fsp3) is 0.138. The third-order valence-electron chi connectivity index (χ3n) is 13.7. The van der Waals surface area contributed by atoms with Crippen LogP contribution in [0.2, 0.25) is 0 Å². The predicted octanol–water partition coefficient (Wildman–Crippen LogP) is 15.8. The summed E-state index contributed by atoms with van der Waals surface area (Å²) in [7, 11) is 0. The molecule has 3 aliphatic rings. The Hall–Kier alpha value is -6.68. The van der Waals surface area contributed by atoms with Crippen LogP contribution in [0.15, 0.2) is 175 Å². The molecule has 1 saturated carbocycles. The van der Waals surface area contributed by atoms with Gasteiger partial charge in [-0.15, -0.1) is 6.42 Å². The summed E-state index contributed by atoms with van der Waals surface area (Å²) in [5.41, 5.74) is 21.7. The molecule has 1 fully saturated rings. The highest BCUT2D eigenvalue weighted by atomic mass is 14.4. The van der Waals surface area contributed by atoms with E-state index in [4.69, 9.17) is 6.42 Å². The average Bonchev–Trinajstić information content (AvgIpc) is 3.54. The standard InChI is InChI=1S/C58H44/c1-4-6-19-38-36(3)39-30-17-31-48(55(39)37(38)5-2)42-22-9-11-24-45(42)57-50-26-13-15-28-52(50)58(53-29-16-14-27-51(53)57)46-25-12-10-23-43(46)49-33-18-32-47-41-21-8-7-20-40(41)44-34-35-54(44)56(47)49/h1,6-33,37,44,54H,5,34-35H2,2-3H3/b19-6-. The highest BCUT2D eigenvalue weighted by Crippen LogP contribution is 2.60. The first-order valence-corrected chi connectivity index (χ1v) is 21.0. The van der Waals surface area contributed by atoms with Gasteiger partial charge in [-0.3, -0.25) is 0 Å². The Labute approximate surface area is 342 Å². The van der Waals surface area contributed by atoms with Gasteiger partial charge in [0, 0.05) is 5.92 Å². The summed E-state index contributed by atoms with van der Waals surface area (Å²) >= 11 is 0. The number of rotatable bonds is 6. The van der Waals surface area contributed by atoms with Crippen LogP contribution in [-0.2, 0) is 0 Å². The van der Waals surface area contributed by atoms with Crippen molar-refractivity contribution in [1.29, 1.82) is 0 Å². The number of terminal acetylenes is 1. The lowest BCUT2D eigenvalue weighted by Gasteiger charge is -2.44. The molecule has 11 rings (SSSR count). The molecular weight excluding hydrogens is 697 g/mol. The second kappa shape index (κ2) is 13.8. The lowest BCUT2D eigenvalue weighted by Crippen LogP contribution is -2.27. The van der Waals surface area contributed by atoms with Gasteiger partial charge >= 0.3 is 0 Å². The molecule has 3 aliphatic carbocycles. The molecule has 58 heavy (non-hydrogen) atoms. The lowest BCUT2D eigenvalue weighted by molar-refractivity contribution is 0.344. The Morgan fingerprint density at radius 1 is 0.483 bits per heavy atom. The summed E-state index contributed by atoms with van der Waals surface area (Å²) in [6, 6.07) is 59.6. The van der Waals surface area contributed by atoms with Crippen molar-refractivity contribution in [2.45, 2.75) is 50.9 Å². The topological polar surface area (TPSA) is 0 Å². The van der Waals surface area contributed by atoms with Crippen LogP contribution in [0.5, 0.6) is 0 Å². The van der Waals surface area contributed by atoms with Gasteiger partial charge in [0.05, 0.1) is 0 Å². The Bertz CT molecular complexity index is 3030. The van der Waals surface area contributed by atoms with E-state index >= 15 is 0 Å². The van der Waals surface area contributed by atoms with Crippen molar-refractivity contribution in [1.82, 2.24) is 0 Å². The molecule has 0 saturated heterocycles. The van der Waals surface area contributed by atoms with Crippen LogP contribution >= 0.6 is 0 Å². The van der Waals surface area contributed by atoms with Gasteiger partial charge in [-0.25, -0.2) is 0 Å². The van der Waals surface area contributed by atoms with Gasteiger partial charge in [-0.1, -0.05) is 171 Å². The first kappa shape index (κ1) is 34.6. The van der Waals surface area contributed by atoms with E-state index in [9.17, 15) is 0 Å². The Morgan fingerprint density at radius 3 is 1.43 bits per heavy atom. The summed E-state index contributed by atoms with van der Waals surface area (Å²) in [6.45, 7) is 4.55. The molecule has 8 aromatic carbocycles. The fourth-order valence-electron chi connectivity index (χ4n) is 11.2. The summed E-state index contributed by atoms with van der Waals surface area (Å²) < 4.78 is 0. The van der Waals surface area contributed by atoms with Crippen LogP contribution in [0.3, 0.4) is 0 Å². The Balaban J connectivity index is 1.15. The van der Waals surface area contributed by atoms with E-state index in [1.54, 1.807) is 0 Å². The molecular formula is C58H44. The normalized spacial score (nSPS) is 17.8. The second-order valence-electron chi connectivity index (χ2n) is 16.4. The maximum absolute atomic E-state index is 5.72. The molecule has 0 spiro atoms. The van der Waals surface area contributed by atoms with Crippen molar-refractivity contribution in [3.63, 3.8) is 0 Å². The Morgan fingerprint density at radius 2 is 0.914 bits per heavy atom. The molecule has 0 radical (unpaired) electrons. The fourth-order valence-corrected chi connectivity index (χ4v) is 11.2. The molecule has 0 heterocycles. The number of hydrogen-bond donors (Lipinski definition) is 0. The molecule has 0 aromatic heterocycles. The second-order valence-corrected chi connectivity index (χ2v) is 16.4. The largest absolute Gasteiger partial charge is 0.115 e. The van der Waals surface area contributed by atoms with Crippen molar-refractivity contribution in [3.8, 4) is 68.0 Å². The van der Waals surface area contributed by atoms with Crippen LogP contribution in [0.4, 0.5) is 0 Å². The van der Waals surface area contributed by atoms with E-state index in [2.05, 4.69) is 184 Å². The highest BCUT2D eigenvalue weighted by molar-refractivity contribution is 6.23. The maximum atomic E-state index is 5.72. The molecule has 276 valence electrons. The van der Waals surface area contributed by atoms with E-state index in [1.165, 1.54) is 123 Å². The summed E-state index contributed by atoms with van der Waals surface area (Å²) in [5, 5.41) is 5.10. The minimum absolute atomic E-state index is 0.281. The summed E-state index contributed by atoms with van der Waals surface area (Å²) in [4.78, 5) is 0. The molecule has 0 nitrogen and oxygen atoms in total. The third-order valence-corrected chi connectivity index (χ3v) is 13.7. The zero-order valence-electron chi connectivity index (χ0n) is 33.1. The van der Waals surface area contributed by atoms with Gasteiger partial charge in [-0.05, 0) is 161 Å². The average molecular weight is 741 g/mol. The van der Waals surface area contributed by atoms with Crippen LogP contribution in [0.1, 0.15) is 73.1 Å². The predicted molar refractivity (Wildman–Crippen MR) is 247 cm³/mol. The van der Waals surface area contributed by atoms with Crippen molar-refractivity contribution in [2.24, 2.45) is 0 Å². The number of hydrogen-bond acceptors (Lipinski definition) is 0. The van der Waals surface area contributed by atoms with Crippen molar-refractivity contribution in [3.05, 3.63) is 198 Å². The SMILES string of the molecule is C#C/C=C\C1=C(C)c2cccc(-c3ccccc3-c3c4ccccc4c(-c4ccccc4-c4cccc5c4C4CCC4c4ccccc4-5)c4ccccc34)c2C1CC. The van der Waals surface area contributed by atoms with E-state index in [-0.39, 0.29) is 5.92 Å². The highest BCUT2D eigenvalue weighted by Gasteiger charge is 2.41. The van der Waals surface area contributed by atoms with Crippen LogP contribution < -0.4 is 0 Å². The molecule has 0 heteroatoms. The molecule has 3 unspecified atom stereocenters. The lowest BCUT2D eigenvalue weighted by atomic mass is 9.59. The van der Waals surface area contributed by atoms with Crippen LogP contribution in [0, 0.1) is 12.3 Å². The van der Waals surface area contributed by atoms with E-state index in [0.29, 0.717) is 11.8 Å². The first-order valence-electron chi connectivity index (χ1n) is 21.0. The van der Waals surface area contributed by atoms with Crippen molar-refractivity contribution < 1.29 is 0 Å². The number of allylic oxidation sites excluding steroid dienone is 4. The Kier molecular flexibility index (Phi) is 8.20. The van der Waals surface area contributed by atoms with E-state index < -0.39 is 0 Å². The molecule has 0 aliphatic heterocycles. The monoisotopic (exact) mass is 740 g/mol. The van der Waals surface area contributed by atoms with Gasteiger partial charge in [0.2, 0.25) is 0 Å². The number of benzene rings is 8. The minimum atomic E-state index is 0.281. The van der Waals surface area contributed by atoms with Gasteiger partial charge in [-0.2, -0.15) is 0 Å². The van der Waals surface area contributed by atoms with Gasteiger partial charge in [0.1, 0.15) is 0 Å². The first-order chi connectivity index (χ1) is 28.7. The van der Waals surface area contributed by atoms with E-state index in [0.717, 1.165) is 6.42 Å². The van der Waals surface area contributed by atoms with Crippen molar-refractivity contribution >= 4 is 27.1 Å². The third kappa shape index (κ3) is 5.03. The van der Waals surface area contributed by atoms with Gasteiger partial charge < -0.3 is 0 Å².